The summed E-state index contributed by atoms with van der Waals surface area (Å²) in [5.74, 6) is 0.837. The first-order valence-electron chi connectivity index (χ1n) is 10.4. The van der Waals surface area contributed by atoms with Crippen LogP contribution >= 0.6 is 0 Å². The van der Waals surface area contributed by atoms with Gasteiger partial charge in [-0.25, -0.2) is 4.98 Å². The van der Waals surface area contributed by atoms with E-state index >= 15 is 0 Å². The Morgan fingerprint density at radius 2 is 1.35 bits per heavy atom. The fraction of sp³-hybridized carbons (Fsp3) is 0.0357. The van der Waals surface area contributed by atoms with Crippen LogP contribution in [-0.2, 0) is 0 Å². The van der Waals surface area contributed by atoms with Gasteiger partial charge in [-0.1, -0.05) is 72.8 Å². The third kappa shape index (κ3) is 2.71. The minimum Gasteiger partial charge on any atom is -0.497 e. The molecular weight excluding hydrogens is 380 g/mol. The summed E-state index contributed by atoms with van der Waals surface area (Å²) in [5.41, 5.74) is 7.68. The van der Waals surface area contributed by atoms with Crippen molar-refractivity contribution in [2.45, 2.75) is 0 Å². The first-order chi connectivity index (χ1) is 15.3. The molecule has 0 saturated heterocycles. The molecule has 0 bridgehead atoms. The zero-order valence-corrected chi connectivity index (χ0v) is 17.1. The zero-order chi connectivity index (χ0) is 20.8. The molecule has 2 aromatic heterocycles. The summed E-state index contributed by atoms with van der Waals surface area (Å²) in [7, 11) is 1.71. The quantitative estimate of drug-likeness (QED) is 0.320. The summed E-state index contributed by atoms with van der Waals surface area (Å²) in [6.07, 6.45) is 0. The Kier molecular flexibility index (Phi) is 4.00. The van der Waals surface area contributed by atoms with Crippen LogP contribution in [0.2, 0.25) is 0 Å². The van der Waals surface area contributed by atoms with Gasteiger partial charge in [0, 0.05) is 10.9 Å². The lowest BCUT2D eigenvalue weighted by Crippen LogP contribution is -1.99. The van der Waals surface area contributed by atoms with Crippen molar-refractivity contribution < 1.29 is 4.74 Å². The molecule has 0 spiro atoms. The maximum atomic E-state index is 5.60. The van der Waals surface area contributed by atoms with Crippen LogP contribution in [0.25, 0.3) is 49.8 Å². The van der Waals surface area contributed by atoms with Gasteiger partial charge in [0.1, 0.15) is 11.4 Å². The number of nitrogens with zero attached hydrogens (tertiary/aromatic N) is 2. The number of benzene rings is 4. The minimum atomic E-state index is 0.837. The summed E-state index contributed by atoms with van der Waals surface area (Å²) < 4.78 is 7.91. The van der Waals surface area contributed by atoms with Gasteiger partial charge in [0.25, 0.3) is 0 Å². The number of methoxy groups -OCH3 is 1. The highest BCUT2D eigenvalue weighted by atomic mass is 16.5. The fourth-order valence-corrected chi connectivity index (χ4v) is 4.49. The molecule has 0 aliphatic carbocycles. The second kappa shape index (κ2) is 6.99. The van der Waals surface area contributed by atoms with Crippen molar-refractivity contribution in [1.82, 2.24) is 9.38 Å². The molecule has 6 aromatic rings. The predicted molar refractivity (Wildman–Crippen MR) is 128 cm³/mol. The van der Waals surface area contributed by atoms with Crippen LogP contribution in [0.15, 0.2) is 103 Å². The monoisotopic (exact) mass is 400 g/mol. The highest BCUT2D eigenvalue weighted by Crippen LogP contribution is 2.42. The van der Waals surface area contributed by atoms with E-state index in [-0.39, 0.29) is 0 Å². The maximum absolute atomic E-state index is 5.60. The minimum absolute atomic E-state index is 0.837. The van der Waals surface area contributed by atoms with E-state index in [4.69, 9.17) is 9.72 Å². The summed E-state index contributed by atoms with van der Waals surface area (Å²) >= 11 is 0. The van der Waals surface area contributed by atoms with Crippen LogP contribution < -0.4 is 4.74 Å². The molecule has 3 nitrogen and oxygen atoms in total. The van der Waals surface area contributed by atoms with Crippen LogP contribution in [0, 0.1) is 0 Å². The molecule has 0 radical (unpaired) electrons. The molecule has 6 rings (SSSR count). The number of fused-ring (bicyclic) bond motifs is 5. The molecular formula is C28H20N2O. The standard InChI is InChI=1S/C28H20N2O/c1-31-21-16-17-22-23(18-21)26(19-10-4-2-5-11-19)27(20-12-6-3-7-13-20)30-25-15-9-8-14-24(25)29-28(22)30/h2-18H,1H3. The lowest BCUT2D eigenvalue weighted by atomic mass is 9.93. The van der Waals surface area contributed by atoms with Crippen LogP contribution in [0.4, 0.5) is 0 Å². The van der Waals surface area contributed by atoms with E-state index < -0.39 is 0 Å². The molecule has 0 atom stereocenters. The highest BCUT2D eigenvalue weighted by molar-refractivity contribution is 6.11. The summed E-state index contributed by atoms with van der Waals surface area (Å²) in [6, 6.07) is 35.7. The fourth-order valence-electron chi connectivity index (χ4n) is 4.49. The highest BCUT2D eigenvalue weighted by Gasteiger charge is 2.21. The van der Waals surface area contributed by atoms with Gasteiger partial charge < -0.3 is 4.74 Å². The molecule has 0 aliphatic heterocycles. The zero-order valence-electron chi connectivity index (χ0n) is 17.1. The Balaban J connectivity index is 1.93. The third-order valence-corrected chi connectivity index (χ3v) is 5.87. The normalized spacial score (nSPS) is 11.4. The molecule has 0 N–H and O–H groups in total. The smallest absolute Gasteiger partial charge is 0.146 e. The SMILES string of the molecule is COc1ccc2c(c1)c(-c1ccccc1)c(-c1ccccc1)n1c3ccccc3nc21. The molecule has 2 heterocycles. The lowest BCUT2D eigenvalue weighted by molar-refractivity contribution is 0.415. The van der Waals surface area contributed by atoms with Crippen molar-refractivity contribution in [2.75, 3.05) is 7.11 Å². The van der Waals surface area contributed by atoms with Crippen molar-refractivity contribution >= 4 is 27.5 Å². The van der Waals surface area contributed by atoms with Crippen molar-refractivity contribution in [1.29, 1.82) is 0 Å². The van der Waals surface area contributed by atoms with E-state index in [1.807, 2.05) is 12.1 Å². The summed E-state index contributed by atoms with van der Waals surface area (Å²) in [4.78, 5) is 5.04. The van der Waals surface area contributed by atoms with E-state index in [0.29, 0.717) is 0 Å². The van der Waals surface area contributed by atoms with E-state index in [9.17, 15) is 0 Å². The second-order valence-corrected chi connectivity index (χ2v) is 7.63. The average Bonchev–Trinajstić information content (AvgIpc) is 3.23. The number of aromatic nitrogens is 2. The van der Waals surface area contributed by atoms with Gasteiger partial charge in [0.2, 0.25) is 0 Å². The topological polar surface area (TPSA) is 26.5 Å². The number of hydrogen-bond donors (Lipinski definition) is 0. The lowest BCUT2D eigenvalue weighted by Gasteiger charge is -2.18. The van der Waals surface area contributed by atoms with Gasteiger partial charge in [-0.3, -0.25) is 4.40 Å². The number of rotatable bonds is 3. The Bertz CT molecular complexity index is 1550. The number of pyridine rings is 1. The molecule has 0 amide bonds. The predicted octanol–water partition coefficient (Wildman–Crippen LogP) is 6.98. The number of imidazole rings is 1. The van der Waals surface area contributed by atoms with Crippen LogP contribution in [0.1, 0.15) is 0 Å². The number of ether oxygens (including phenoxy) is 1. The van der Waals surface area contributed by atoms with Crippen molar-refractivity contribution in [3.63, 3.8) is 0 Å². The van der Waals surface area contributed by atoms with Crippen molar-refractivity contribution in [3.8, 4) is 28.1 Å². The van der Waals surface area contributed by atoms with E-state index in [0.717, 1.165) is 44.5 Å². The van der Waals surface area contributed by atoms with E-state index in [1.165, 1.54) is 11.1 Å². The van der Waals surface area contributed by atoms with Gasteiger partial charge in [0.15, 0.2) is 0 Å². The van der Waals surface area contributed by atoms with Gasteiger partial charge in [-0.15, -0.1) is 0 Å². The molecule has 0 fully saturated rings. The van der Waals surface area contributed by atoms with Crippen LogP contribution in [0.3, 0.4) is 0 Å². The van der Waals surface area contributed by atoms with E-state index in [2.05, 4.69) is 95.4 Å². The van der Waals surface area contributed by atoms with Crippen LogP contribution in [0.5, 0.6) is 5.75 Å². The second-order valence-electron chi connectivity index (χ2n) is 7.63. The van der Waals surface area contributed by atoms with Gasteiger partial charge in [-0.05, 0) is 46.8 Å². The van der Waals surface area contributed by atoms with Gasteiger partial charge in [0.05, 0.1) is 23.8 Å². The Labute approximate surface area is 180 Å². The Hall–Kier alpha value is -4.11. The van der Waals surface area contributed by atoms with E-state index in [1.54, 1.807) is 7.11 Å². The van der Waals surface area contributed by atoms with Crippen LogP contribution in [-0.4, -0.2) is 16.5 Å². The molecule has 148 valence electrons. The molecule has 0 aliphatic rings. The molecule has 0 unspecified atom stereocenters. The average molecular weight is 400 g/mol. The molecule has 3 heteroatoms. The summed E-state index contributed by atoms with van der Waals surface area (Å²) in [5, 5.41) is 2.24. The first-order valence-corrected chi connectivity index (χ1v) is 10.4. The van der Waals surface area contributed by atoms with Crippen molar-refractivity contribution in [3.05, 3.63) is 103 Å². The number of hydrogen-bond acceptors (Lipinski definition) is 2. The Morgan fingerprint density at radius 3 is 2.10 bits per heavy atom. The van der Waals surface area contributed by atoms with Gasteiger partial charge in [-0.2, -0.15) is 0 Å². The maximum Gasteiger partial charge on any atom is 0.146 e. The van der Waals surface area contributed by atoms with Gasteiger partial charge >= 0.3 is 0 Å². The molecule has 0 saturated carbocycles. The molecule has 4 aromatic carbocycles. The Morgan fingerprint density at radius 1 is 0.677 bits per heavy atom. The summed E-state index contributed by atoms with van der Waals surface area (Å²) in [6.45, 7) is 0. The van der Waals surface area contributed by atoms with Crippen molar-refractivity contribution in [2.24, 2.45) is 0 Å². The molecule has 31 heavy (non-hydrogen) atoms. The number of para-hydroxylation sites is 2. The third-order valence-electron chi connectivity index (χ3n) is 5.87. The largest absolute Gasteiger partial charge is 0.497 e. The first kappa shape index (κ1) is 17.7.